The number of para-hydroxylation sites is 1. The molecule has 3 aromatic rings. The van der Waals surface area contributed by atoms with Gasteiger partial charge in [-0.2, -0.15) is 0 Å². The molecule has 0 spiro atoms. The van der Waals surface area contributed by atoms with Gasteiger partial charge in [0.15, 0.2) is 5.58 Å². The Kier molecular flexibility index (Phi) is 2.65. The molecule has 0 bridgehead atoms. The van der Waals surface area contributed by atoms with Gasteiger partial charge in [-0.3, -0.25) is 0 Å². The van der Waals surface area contributed by atoms with Crippen molar-refractivity contribution in [2.45, 2.75) is 0 Å². The van der Waals surface area contributed by atoms with Crippen molar-refractivity contribution in [1.82, 2.24) is 4.98 Å². The summed E-state index contributed by atoms with van der Waals surface area (Å²) in [5.74, 6) is 0.601. The van der Waals surface area contributed by atoms with E-state index >= 15 is 0 Å². The van der Waals surface area contributed by atoms with E-state index in [1.165, 1.54) is 0 Å². The Labute approximate surface area is 111 Å². The highest BCUT2D eigenvalue weighted by Crippen LogP contribution is 2.29. The first-order valence-corrected chi connectivity index (χ1v) is 6.22. The minimum atomic E-state index is 0.601. The molecule has 2 nitrogen and oxygen atoms in total. The zero-order valence-corrected chi connectivity index (χ0v) is 11.0. The van der Waals surface area contributed by atoms with E-state index in [4.69, 9.17) is 16.0 Å². The summed E-state index contributed by atoms with van der Waals surface area (Å²) in [6.45, 7) is 0. The highest BCUT2D eigenvalue weighted by molar-refractivity contribution is 9.10. The Morgan fingerprint density at radius 3 is 2.53 bits per heavy atom. The number of benzene rings is 2. The van der Waals surface area contributed by atoms with Crippen molar-refractivity contribution < 1.29 is 4.42 Å². The average Bonchev–Trinajstić information content (AvgIpc) is 2.75. The molecule has 4 heteroatoms. The van der Waals surface area contributed by atoms with E-state index in [0.29, 0.717) is 10.9 Å². The number of fused-ring (bicyclic) bond motifs is 1. The third-order valence-electron chi connectivity index (χ3n) is 2.46. The molecule has 0 unspecified atom stereocenters. The van der Waals surface area contributed by atoms with Crippen molar-refractivity contribution in [2.24, 2.45) is 0 Å². The number of hydrogen-bond donors (Lipinski definition) is 0. The predicted molar refractivity (Wildman–Crippen MR) is 72.2 cm³/mol. The molecule has 1 aromatic heterocycles. The second-order valence-electron chi connectivity index (χ2n) is 3.61. The number of nitrogens with zero attached hydrogens (tertiary/aromatic N) is 1. The van der Waals surface area contributed by atoms with E-state index in [2.05, 4.69) is 20.9 Å². The lowest BCUT2D eigenvalue weighted by atomic mass is 10.2. The summed E-state index contributed by atoms with van der Waals surface area (Å²) in [6, 6.07) is 13.2. The molecule has 3 rings (SSSR count). The molecule has 0 saturated heterocycles. The molecule has 0 fully saturated rings. The van der Waals surface area contributed by atoms with Crippen LogP contribution in [0.5, 0.6) is 0 Å². The molecule has 0 aliphatic carbocycles. The first-order chi connectivity index (χ1) is 8.24. The molecule has 0 radical (unpaired) electrons. The van der Waals surface area contributed by atoms with Crippen LogP contribution in [0.25, 0.3) is 22.6 Å². The van der Waals surface area contributed by atoms with E-state index < -0.39 is 0 Å². The quantitative estimate of drug-likeness (QED) is 0.638. The van der Waals surface area contributed by atoms with Gasteiger partial charge in [0.25, 0.3) is 0 Å². The fourth-order valence-electron chi connectivity index (χ4n) is 1.63. The molecule has 0 saturated carbocycles. The van der Waals surface area contributed by atoms with E-state index in [-0.39, 0.29) is 0 Å². The Morgan fingerprint density at radius 1 is 1.06 bits per heavy atom. The number of halogens is 2. The smallest absolute Gasteiger partial charge is 0.227 e. The fourth-order valence-corrected chi connectivity index (χ4v) is 2.19. The Balaban J connectivity index is 2.18. The van der Waals surface area contributed by atoms with Crippen LogP contribution in [0, 0.1) is 0 Å². The van der Waals surface area contributed by atoms with Crippen LogP contribution in [0.4, 0.5) is 0 Å². The number of oxazole rings is 1. The van der Waals surface area contributed by atoms with Crippen LogP contribution in [-0.2, 0) is 0 Å². The molecule has 0 atom stereocenters. The molecular weight excluding hydrogens is 302 g/mol. The maximum atomic E-state index is 5.84. The van der Waals surface area contributed by atoms with Crippen LogP contribution in [0.2, 0.25) is 5.02 Å². The Hall–Kier alpha value is -1.32. The van der Waals surface area contributed by atoms with Gasteiger partial charge in [-0.25, -0.2) is 4.98 Å². The Morgan fingerprint density at radius 2 is 1.82 bits per heavy atom. The summed E-state index contributed by atoms with van der Waals surface area (Å²) in [5, 5.41) is 0.700. The van der Waals surface area contributed by atoms with Gasteiger partial charge in [-0.05, 0) is 52.3 Å². The molecule has 1 heterocycles. The van der Waals surface area contributed by atoms with Crippen molar-refractivity contribution >= 4 is 38.6 Å². The highest BCUT2D eigenvalue weighted by Gasteiger charge is 2.09. The predicted octanol–water partition coefficient (Wildman–Crippen LogP) is 4.91. The fraction of sp³-hybridized carbons (Fsp3) is 0. The average molecular weight is 309 g/mol. The van der Waals surface area contributed by atoms with Crippen molar-refractivity contribution in [3.63, 3.8) is 0 Å². The summed E-state index contributed by atoms with van der Waals surface area (Å²) >= 11 is 9.30. The summed E-state index contributed by atoms with van der Waals surface area (Å²) in [7, 11) is 0. The second-order valence-corrected chi connectivity index (χ2v) is 4.90. The number of rotatable bonds is 1. The van der Waals surface area contributed by atoms with Crippen LogP contribution >= 0.6 is 27.5 Å². The van der Waals surface area contributed by atoms with Gasteiger partial charge in [0.2, 0.25) is 5.89 Å². The zero-order valence-electron chi connectivity index (χ0n) is 8.65. The largest absolute Gasteiger partial charge is 0.436 e. The maximum absolute atomic E-state index is 5.84. The topological polar surface area (TPSA) is 26.0 Å². The van der Waals surface area contributed by atoms with Gasteiger partial charge in [0.1, 0.15) is 5.52 Å². The van der Waals surface area contributed by atoms with Crippen LogP contribution in [0.15, 0.2) is 51.4 Å². The molecule has 0 N–H and O–H groups in total. The van der Waals surface area contributed by atoms with Gasteiger partial charge >= 0.3 is 0 Å². The lowest BCUT2D eigenvalue weighted by Gasteiger charge is -1.94. The molecule has 2 aromatic carbocycles. The third kappa shape index (κ3) is 1.96. The van der Waals surface area contributed by atoms with Crippen molar-refractivity contribution in [3.05, 3.63) is 52.0 Å². The van der Waals surface area contributed by atoms with Crippen LogP contribution in [0.3, 0.4) is 0 Å². The summed E-state index contributed by atoms with van der Waals surface area (Å²) in [5.41, 5.74) is 2.51. The third-order valence-corrected chi connectivity index (χ3v) is 3.35. The van der Waals surface area contributed by atoms with E-state index in [9.17, 15) is 0 Å². The molecule has 0 aliphatic heterocycles. The minimum absolute atomic E-state index is 0.601. The lowest BCUT2D eigenvalue weighted by molar-refractivity contribution is 0.620. The zero-order chi connectivity index (χ0) is 11.8. The SMILES string of the molecule is Clc1ccc(-c2nc3c(Br)cccc3o2)cc1. The second kappa shape index (κ2) is 4.17. The highest BCUT2D eigenvalue weighted by atomic mass is 79.9. The van der Waals surface area contributed by atoms with Crippen molar-refractivity contribution in [3.8, 4) is 11.5 Å². The summed E-state index contributed by atoms with van der Waals surface area (Å²) < 4.78 is 6.62. The molecule has 17 heavy (non-hydrogen) atoms. The standard InChI is InChI=1S/C13H7BrClNO/c14-10-2-1-3-11-12(10)16-13(17-11)8-4-6-9(15)7-5-8/h1-7H. The lowest BCUT2D eigenvalue weighted by Crippen LogP contribution is -1.76. The van der Waals surface area contributed by atoms with Crippen LogP contribution in [0.1, 0.15) is 0 Å². The van der Waals surface area contributed by atoms with Gasteiger partial charge in [-0.15, -0.1) is 0 Å². The van der Waals surface area contributed by atoms with Gasteiger partial charge < -0.3 is 4.42 Å². The van der Waals surface area contributed by atoms with Gasteiger partial charge in [0.05, 0.1) is 0 Å². The van der Waals surface area contributed by atoms with Gasteiger partial charge in [0, 0.05) is 15.1 Å². The minimum Gasteiger partial charge on any atom is -0.436 e. The van der Waals surface area contributed by atoms with E-state index in [1.807, 2.05) is 42.5 Å². The van der Waals surface area contributed by atoms with Crippen molar-refractivity contribution in [2.75, 3.05) is 0 Å². The molecule has 0 aliphatic rings. The molecule has 84 valence electrons. The Bertz CT molecular complexity index is 675. The maximum Gasteiger partial charge on any atom is 0.227 e. The monoisotopic (exact) mass is 307 g/mol. The van der Waals surface area contributed by atoms with Crippen LogP contribution < -0.4 is 0 Å². The summed E-state index contributed by atoms with van der Waals surface area (Å²) in [4.78, 5) is 4.46. The normalized spacial score (nSPS) is 10.9. The first-order valence-electron chi connectivity index (χ1n) is 5.05. The molecule has 0 amide bonds. The molecular formula is C13H7BrClNO. The van der Waals surface area contributed by atoms with Crippen molar-refractivity contribution in [1.29, 1.82) is 0 Å². The van der Waals surface area contributed by atoms with E-state index in [0.717, 1.165) is 21.1 Å². The van der Waals surface area contributed by atoms with Gasteiger partial charge in [-0.1, -0.05) is 17.7 Å². The summed E-state index contributed by atoms with van der Waals surface area (Å²) in [6.07, 6.45) is 0. The number of hydrogen-bond acceptors (Lipinski definition) is 2. The number of aromatic nitrogens is 1. The van der Waals surface area contributed by atoms with Crippen LogP contribution in [-0.4, -0.2) is 4.98 Å². The van der Waals surface area contributed by atoms with E-state index in [1.54, 1.807) is 0 Å². The first kappa shape index (κ1) is 10.8.